The van der Waals surface area contributed by atoms with Gasteiger partial charge in [0.1, 0.15) is 0 Å². The van der Waals surface area contributed by atoms with Gasteiger partial charge in [0.2, 0.25) is 10.0 Å². The first-order valence-electron chi connectivity index (χ1n) is 8.19. The number of nitrogens with one attached hydrogen (secondary N) is 1. The average Bonchev–Trinajstić information content (AvgIpc) is 2.63. The number of nitrogens with zero attached hydrogens (tertiary/aromatic N) is 1. The number of benzene rings is 2. The molecule has 7 heteroatoms. The van der Waals surface area contributed by atoms with E-state index < -0.39 is 10.0 Å². The molecule has 5 nitrogen and oxygen atoms in total. The molecule has 0 spiro atoms. The summed E-state index contributed by atoms with van der Waals surface area (Å²) in [6.07, 6.45) is 0.0369. The van der Waals surface area contributed by atoms with Crippen LogP contribution in [0.4, 0.5) is 0 Å². The SMILES string of the molecule is O=S(=O)(NCCN1CCOC(c2ccccc2)C1)c1ccccc1Br. The molecule has 0 aliphatic carbocycles. The molecule has 1 heterocycles. The summed E-state index contributed by atoms with van der Waals surface area (Å²) in [5, 5.41) is 0. The van der Waals surface area contributed by atoms with E-state index >= 15 is 0 Å². The third-order valence-corrected chi connectivity index (χ3v) is 6.64. The Bertz CT molecular complexity index is 799. The van der Waals surface area contributed by atoms with Crippen LogP contribution in [0.5, 0.6) is 0 Å². The second-order valence-electron chi connectivity index (χ2n) is 5.90. The molecule has 1 atom stereocenters. The highest BCUT2D eigenvalue weighted by molar-refractivity contribution is 9.10. The van der Waals surface area contributed by atoms with Crippen LogP contribution in [0.2, 0.25) is 0 Å². The first-order valence-corrected chi connectivity index (χ1v) is 10.5. The van der Waals surface area contributed by atoms with E-state index in [4.69, 9.17) is 4.74 Å². The van der Waals surface area contributed by atoms with Crippen LogP contribution >= 0.6 is 15.9 Å². The van der Waals surface area contributed by atoms with Crippen molar-refractivity contribution in [2.24, 2.45) is 0 Å². The molecule has 1 N–H and O–H groups in total. The summed E-state index contributed by atoms with van der Waals surface area (Å²) in [4.78, 5) is 2.49. The molecule has 134 valence electrons. The van der Waals surface area contributed by atoms with Gasteiger partial charge in [0.05, 0.1) is 17.6 Å². The maximum atomic E-state index is 12.4. The van der Waals surface area contributed by atoms with Crippen LogP contribution in [-0.4, -0.2) is 46.1 Å². The number of ether oxygens (including phenoxy) is 1. The first-order chi connectivity index (χ1) is 12.1. The van der Waals surface area contributed by atoms with Crippen molar-refractivity contribution in [3.63, 3.8) is 0 Å². The van der Waals surface area contributed by atoms with Crippen LogP contribution in [0.25, 0.3) is 0 Å². The zero-order valence-electron chi connectivity index (χ0n) is 13.8. The number of rotatable bonds is 6. The molecular weight excluding hydrogens is 404 g/mol. The first kappa shape index (κ1) is 18.5. The van der Waals surface area contributed by atoms with Crippen molar-refractivity contribution in [3.05, 3.63) is 64.6 Å². The van der Waals surface area contributed by atoms with E-state index in [9.17, 15) is 8.42 Å². The summed E-state index contributed by atoms with van der Waals surface area (Å²) >= 11 is 3.29. The maximum Gasteiger partial charge on any atom is 0.241 e. The number of halogens is 1. The van der Waals surface area contributed by atoms with Crippen LogP contribution < -0.4 is 4.72 Å². The summed E-state index contributed by atoms with van der Waals surface area (Å²) in [5.74, 6) is 0. The Hall–Kier alpha value is -1.25. The minimum Gasteiger partial charge on any atom is -0.371 e. The lowest BCUT2D eigenvalue weighted by atomic mass is 10.1. The van der Waals surface area contributed by atoms with Gasteiger partial charge in [-0.15, -0.1) is 0 Å². The number of hydrogen-bond acceptors (Lipinski definition) is 4. The predicted molar refractivity (Wildman–Crippen MR) is 101 cm³/mol. The fourth-order valence-corrected chi connectivity index (χ4v) is 4.88. The highest BCUT2D eigenvalue weighted by atomic mass is 79.9. The number of sulfonamides is 1. The molecule has 1 fully saturated rings. The average molecular weight is 425 g/mol. The third kappa shape index (κ3) is 4.89. The van der Waals surface area contributed by atoms with Crippen molar-refractivity contribution in [2.45, 2.75) is 11.0 Å². The lowest BCUT2D eigenvalue weighted by Crippen LogP contribution is -2.42. The maximum absolute atomic E-state index is 12.4. The van der Waals surface area contributed by atoms with Crippen molar-refractivity contribution in [2.75, 3.05) is 32.8 Å². The van der Waals surface area contributed by atoms with Crippen LogP contribution in [0, 0.1) is 0 Å². The van der Waals surface area contributed by atoms with Gasteiger partial charge in [-0.3, -0.25) is 4.90 Å². The quantitative estimate of drug-likeness (QED) is 0.774. The van der Waals surface area contributed by atoms with Gasteiger partial charge in [0.15, 0.2) is 0 Å². The Morgan fingerprint density at radius 2 is 1.84 bits per heavy atom. The van der Waals surface area contributed by atoms with E-state index in [1.54, 1.807) is 24.3 Å². The van der Waals surface area contributed by atoms with Gasteiger partial charge >= 0.3 is 0 Å². The molecule has 25 heavy (non-hydrogen) atoms. The minimum absolute atomic E-state index is 0.0369. The van der Waals surface area contributed by atoms with Crippen LogP contribution in [-0.2, 0) is 14.8 Å². The highest BCUT2D eigenvalue weighted by Gasteiger charge is 2.22. The fourth-order valence-electron chi connectivity index (χ4n) is 2.85. The van der Waals surface area contributed by atoms with Crippen LogP contribution in [0.3, 0.4) is 0 Å². The van der Waals surface area contributed by atoms with Gasteiger partial charge < -0.3 is 4.74 Å². The summed E-state index contributed by atoms with van der Waals surface area (Å²) in [6, 6.07) is 16.9. The number of morpholine rings is 1. The lowest BCUT2D eigenvalue weighted by molar-refractivity contribution is -0.0291. The molecule has 1 aliphatic rings. The molecule has 0 amide bonds. The Balaban J connectivity index is 1.54. The standard InChI is InChI=1S/C18H21BrN2O3S/c19-16-8-4-5-9-18(16)25(22,23)20-10-11-21-12-13-24-17(14-21)15-6-2-1-3-7-15/h1-9,17,20H,10-14H2. The zero-order chi connectivity index (χ0) is 17.7. The zero-order valence-corrected chi connectivity index (χ0v) is 16.2. The van der Waals surface area contributed by atoms with Crippen molar-refractivity contribution < 1.29 is 13.2 Å². The summed E-state index contributed by atoms with van der Waals surface area (Å²) in [5.41, 5.74) is 1.15. The Morgan fingerprint density at radius 3 is 2.60 bits per heavy atom. The molecule has 0 saturated carbocycles. The Labute approximate surface area is 157 Å². The van der Waals surface area contributed by atoms with E-state index in [1.807, 2.05) is 18.2 Å². The molecule has 1 saturated heterocycles. The van der Waals surface area contributed by atoms with Crippen molar-refractivity contribution in [3.8, 4) is 0 Å². The van der Waals surface area contributed by atoms with Gasteiger partial charge in [0, 0.05) is 30.7 Å². The highest BCUT2D eigenvalue weighted by Crippen LogP contribution is 2.22. The number of hydrogen-bond donors (Lipinski definition) is 1. The van der Waals surface area contributed by atoms with E-state index in [0.29, 0.717) is 24.2 Å². The predicted octanol–water partition coefficient (Wildman–Crippen LogP) is 2.80. The van der Waals surface area contributed by atoms with Crippen molar-refractivity contribution in [1.82, 2.24) is 9.62 Å². The van der Waals surface area contributed by atoms with Gasteiger partial charge in [0.25, 0.3) is 0 Å². The normalized spacial score (nSPS) is 19.0. The minimum atomic E-state index is -3.51. The smallest absolute Gasteiger partial charge is 0.241 e. The van der Waals surface area contributed by atoms with Crippen molar-refractivity contribution >= 4 is 26.0 Å². The van der Waals surface area contributed by atoms with Crippen molar-refractivity contribution in [1.29, 1.82) is 0 Å². The lowest BCUT2D eigenvalue weighted by Gasteiger charge is -2.33. The van der Waals surface area contributed by atoms with Gasteiger partial charge in [-0.2, -0.15) is 0 Å². The second-order valence-corrected chi connectivity index (χ2v) is 8.49. The third-order valence-electron chi connectivity index (χ3n) is 4.17. The summed E-state index contributed by atoms with van der Waals surface area (Å²) in [6.45, 7) is 3.24. The second kappa shape index (κ2) is 8.42. The van der Waals surface area contributed by atoms with Crippen LogP contribution in [0.1, 0.15) is 11.7 Å². The summed E-state index contributed by atoms with van der Waals surface area (Å²) in [7, 11) is -3.51. The molecule has 3 rings (SSSR count). The fraction of sp³-hybridized carbons (Fsp3) is 0.333. The monoisotopic (exact) mass is 424 g/mol. The van der Waals surface area contributed by atoms with Gasteiger partial charge in [-0.25, -0.2) is 13.1 Å². The molecule has 0 bridgehead atoms. The topological polar surface area (TPSA) is 58.6 Å². The molecule has 1 aliphatic heterocycles. The Morgan fingerprint density at radius 1 is 1.12 bits per heavy atom. The molecule has 2 aromatic rings. The Kier molecular flexibility index (Phi) is 6.24. The van der Waals surface area contributed by atoms with E-state index in [2.05, 4.69) is 37.7 Å². The molecule has 0 radical (unpaired) electrons. The van der Waals surface area contributed by atoms with E-state index in [-0.39, 0.29) is 11.0 Å². The van der Waals surface area contributed by atoms with Gasteiger partial charge in [-0.05, 0) is 33.6 Å². The largest absolute Gasteiger partial charge is 0.371 e. The molecule has 2 aromatic carbocycles. The van der Waals surface area contributed by atoms with E-state index in [0.717, 1.165) is 18.7 Å². The van der Waals surface area contributed by atoms with Gasteiger partial charge in [-0.1, -0.05) is 42.5 Å². The molecular formula is C18H21BrN2O3S. The molecule has 1 unspecified atom stereocenters. The molecule has 0 aromatic heterocycles. The summed E-state index contributed by atoms with van der Waals surface area (Å²) < 4.78 is 33.9. The van der Waals surface area contributed by atoms with Crippen LogP contribution in [0.15, 0.2) is 64.0 Å². The van der Waals surface area contributed by atoms with E-state index in [1.165, 1.54) is 0 Å².